The van der Waals surface area contributed by atoms with Crippen LogP contribution in [0.5, 0.6) is 0 Å². The van der Waals surface area contributed by atoms with Crippen LogP contribution in [0.2, 0.25) is 0 Å². The van der Waals surface area contributed by atoms with Crippen LogP contribution in [0, 0.1) is 0 Å². The summed E-state index contributed by atoms with van der Waals surface area (Å²) in [5.74, 6) is -0.0945. The number of anilines is 2. The lowest BCUT2D eigenvalue weighted by Crippen LogP contribution is -2.27. The van der Waals surface area contributed by atoms with Crippen molar-refractivity contribution in [1.82, 2.24) is 15.2 Å². The number of amides is 1. The van der Waals surface area contributed by atoms with Crippen molar-refractivity contribution in [3.05, 3.63) is 54.4 Å². The molecule has 22 heavy (non-hydrogen) atoms. The molecule has 0 atom stereocenters. The first-order valence-corrected chi connectivity index (χ1v) is 7.35. The molecule has 116 valence electrons. The fraction of sp³-hybridized carbons (Fsp3) is 0.294. The van der Waals surface area contributed by atoms with E-state index in [1.165, 1.54) is 0 Å². The van der Waals surface area contributed by atoms with Crippen LogP contribution in [-0.2, 0) is 0 Å². The number of aromatic nitrogens is 1. The standard InChI is InChI=1S/C17H22N4O/c1-21(2)10-6-9-19-17(22)14-11-16(13-18-12-14)20-15-7-4-3-5-8-15/h3-5,7-8,11-13,20H,6,9-10H2,1-2H3,(H,19,22). The van der Waals surface area contributed by atoms with Gasteiger partial charge in [-0.3, -0.25) is 9.78 Å². The molecule has 0 bridgehead atoms. The summed E-state index contributed by atoms with van der Waals surface area (Å²) < 4.78 is 0. The Hall–Kier alpha value is -2.40. The second-order valence-corrected chi connectivity index (χ2v) is 5.37. The van der Waals surface area contributed by atoms with Crippen molar-refractivity contribution in [2.75, 3.05) is 32.5 Å². The number of carbonyl (C=O) groups excluding carboxylic acids is 1. The third-order valence-electron chi connectivity index (χ3n) is 3.13. The number of pyridine rings is 1. The molecule has 0 spiro atoms. The van der Waals surface area contributed by atoms with Crippen LogP contribution in [0.3, 0.4) is 0 Å². The van der Waals surface area contributed by atoms with Crippen LogP contribution in [-0.4, -0.2) is 43.0 Å². The van der Waals surface area contributed by atoms with Crippen molar-refractivity contribution < 1.29 is 4.79 Å². The fourth-order valence-electron chi connectivity index (χ4n) is 2.02. The molecule has 1 aromatic heterocycles. The Labute approximate surface area is 131 Å². The van der Waals surface area contributed by atoms with E-state index >= 15 is 0 Å². The van der Waals surface area contributed by atoms with Crippen LogP contribution < -0.4 is 10.6 Å². The van der Waals surface area contributed by atoms with Crippen molar-refractivity contribution in [3.8, 4) is 0 Å². The molecule has 0 unspecified atom stereocenters. The van der Waals surface area contributed by atoms with Gasteiger partial charge in [0.1, 0.15) is 0 Å². The fourth-order valence-corrected chi connectivity index (χ4v) is 2.02. The Morgan fingerprint density at radius 2 is 1.91 bits per heavy atom. The minimum Gasteiger partial charge on any atom is -0.354 e. The molecule has 1 amide bonds. The molecular weight excluding hydrogens is 276 g/mol. The van der Waals surface area contributed by atoms with E-state index in [0.717, 1.165) is 24.3 Å². The van der Waals surface area contributed by atoms with Gasteiger partial charge in [0, 0.05) is 18.4 Å². The van der Waals surface area contributed by atoms with Gasteiger partial charge in [0.2, 0.25) is 0 Å². The van der Waals surface area contributed by atoms with Crippen LogP contribution >= 0.6 is 0 Å². The average Bonchev–Trinajstić information content (AvgIpc) is 2.52. The quantitative estimate of drug-likeness (QED) is 0.771. The third-order valence-corrected chi connectivity index (χ3v) is 3.13. The molecule has 2 rings (SSSR count). The predicted octanol–water partition coefficient (Wildman–Crippen LogP) is 2.51. The van der Waals surface area contributed by atoms with Crippen molar-refractivity contribution in [2.45, 2.75) is 6.42 Å². The number of nitrogens with one attached hydrogen (secondary N) is 2. The molecule has 5 heteroatoms. The van der Waals surface area contributed by atoms with Gasteiger partial charge in [-0.2, -0.15) is 0 Å². The number of carbonyl (C=O) groups is 1. The van der Waals surface area contributed by atoms with E-state index in [1.807, 2.05) is 44.4 Å². The lowest BCUT2D eigenvalue weighted by molar-refractivity contribution is 0.0952. The number of benzene rings is 1. The normalized spacial score (nSPS) is 10.5. The Balaban J connectivity index is 1.91. The number of para-hydroxylation sites is 1. The first kappa shape index (κ1) is 16.0. The minimum atomic E-state index is -0.0945. The maximum atomic E-state index is 12.1. The van der Waals surface area contributed by atoms with Gasteiger partial charge < -0.3 is 15.5 Å². The first-order chi connectivity index (χ1) is 10.6. The number of hydrogen-bond donors (Lipinski definition) is 2. The second kappa shape index (κ2) is 8.14. The predicted molar refractivity (Wildman–Crippen MR) is 89.5 cm³/mol. The lowest BCUT2D eigenvalue weighted by atomic mass is 10.2. The minimum absolute atomic E-state index is 0.0945. The summed E-state index contributed by atoms with van der Waals surface area (Å²) >= 11 is 0. The molecule has 5 nitrogen and oxygen atoms in total. The van der Waals surface area contributed by atoms with E-state index in [2.05, 4.69) is 20.5 Å². The highest BCUT2D eigenvalue weighted by molar-refractivity contribution is 5.94. The summed E-state index contributed by atoms with van der Waals surface area (Å²) in [6, 6.07) is 11.6. The summed E-state index contributed by atoms with van der Waals surface area (Å²) in [6.45, 7) is 1.61. The zero-order valence-electron chi connectivity index (χ0n) is 13.0. The van der Waals surface area contributed by atoms with E-state index < -0.39 is 0 Å². The van der Waals surface area contributed by atoms with Gasteiger partial charge in [-0.1, -0.05) is 18.2 Å². The van der Waals surface area contributed by atoms with Gasteiger partial charge in [-0.05, 0) is 45.3 Å². The molecule has 2 aromatic rings. The van der Waals surface area contributed by atoms with Crippen LogP contribution in [0.25, 0.3) is 0 Å². The van der Waals surface area contributed by atoms with Crippen molar-refractivity contribution in [3.63, 3.8) is 0 Å². The summed E-state index contributed by atoms with van der Waals surface area (Å²) in [5.41, 5.74) is 2.32. The maximum Gasteiger partial charge on any atom is 0.252 e. The number of rotatable bonds is 7. The Morgan fingerprint density at radius 3 is 2.64 bits per heavy atom. The van der Waals surface area contributed by atoms with E-state index in [0.29, 0.717) is 12.1 Å². The maximum absolute atomic E-state index is 12.1. The highest BCUT2D eigenvalue weighted by Gasteiger charge is 2.06. The van der Waals surface area contributed by atoms with E-state index in [9.17, 15) is 4.79 Å². The van der Waals surface area contributed by atoms with Crippen molar-refractivity contribution >= 4 is 17.3 Å². The number of hydrogen-bond acceptors (Lipinski definition) is 4. The molecule has 0 aliphatic carbocycles. The molecule has 0 radical (unpaired) electrons. The third kappa shape index (κ3) is 5.18. The van der Waals surface area contributed by atoms with E-state index in [4.69, 9.17) is 0 Å². The van der Waals surface area contributed by atoms with Gasteiger partial charge in [0.05, 0.1) is 17.4 Å². The molecule has 0 aliphatic rings. The molecule has 0 saturated heterocycles. The zero-order valence-corrected chi connectivity index (χ0v) is 13.0. The highest BCUT2D eigenvalue weighted by atomic mass is 16.1. The topological polar surface area (TPSA) is 57.3 Å². The lowest BCUT2D eigenvalue weighted by Gasteiger charge is -2.10. The largest absolute Gasteiger partial charge is 0.354 e. The molecule has 0 fully saturated rings. The molecular formula is C17H22N4O. The smallest absolute Gasteiger partial charge is 0.252 e. The molecule has 1 heterocycles. The average molecular weight is 298 g/mol. The first-order valence-electron chi connectivity index (χ1n) is 7.35. The SMILES string of the molecule is CN(C)CCCNC(=O)c1cncc(Nc2ccccc2)c1. The van der Waals surface area contributed by atoms with Crippen LogP contribution in [0.4, 0.5) is 11.4 Å². The Morgan fingerprint density at radius 1 is 1.14 bits per heavy atom. The summed E-state index contributed by atoms with van der Waals surface area (Å²) in [6.07, 6.45) is 4.21. The van der Waals surface area contributed by atoms with Gasteiger partial charge in [0.25, 0.3) is 5.91 Å². The van der Waals surface area contributed by atoms with Crippen molar-refractivity contribution in [2.24, 2.45) is 0 Å². The molecule has 2 N–H and O–H groups in total. The second-order valence-electron chi connectivity index (χ2n) is 5.37. The Bertz CT molecular complexity index is 599. The summed E-state index contributed by atoms with van der Waals surface area (Å²) in [5, 5.41) is 6.14. The van der Waals surface area contributed by atoms with Gasteiger partial charge in [-0.15, -0.1) is 0 Å². The summed E-state index contributed by atoms with van der Waals surface area (Å²) in [4.78, 5) is 18.3. The van der Waals surface area contributed by atoms with Gasteiger partial charge >= 0.3 is 0 Å². The Kier molecular flexibility index (Phi) is 5.91. The van der Waals surface area contributed by atoms with Crippen LogP contribution in [0.15, 0.2) is 48.8 Å². The van der Waals surface area contributed by atoms with E-state index in [1.54, 1.807) is 18.5 Å². The molecule has 0 aliphatic heterocycles. The van der Waals surface area contributed by atoms with Crippen LogP contribution in [0.1, 0.15) is 16.8 Å². The number of nitrogens with zero attached hydrogens (tertiary/aromatic N) is 2. The van der Waals surface area contributed by atoms with E-state index in [-0.39, 0.29) is 5.91 Å². The molecule has 1 aromatic carbocycles. The van der Waals surface area contributed by atoms with Gasteiger partial charge in [0.15, 0.2) is 0 Å². The zero-order chi connectivity index (χ0) is 15.8. The van der Waals surface area contributed by atoms with Crippen molar-refractivity contribution in [1.29, 1.82) is 0 Å². The highest BCUT2D eigenvalue weighted by Crippen LogP contribution is 2.16. The monoisotopic (exact) mass is 298 g/mol. The summed E-state index contributed by atoms with van der Waals surface area (Å²) in [7, 11) is 4.04. The van der Waals surface area contributed by atoms with Gasteiger partial charge in [-0.25, -0.2) is 0 Å². The molecule has 0 saturated carbocycles.